The predicted molar refractivity (Wildman–Crippen MR) is 77.6 cm³/mol. The number of thioether (sulfide) groups is 1. The molecule has 0 heterocycles. The van der Waals surface area contributed by atoms with Crippen molar-refractivity contribution in [3.05, 3.63) is 28.7 Å². The molecule has 1 rings (SSSR count). The van der Waals surface area contributed by atoms with E-state index in [1.165, 1.54) is 43.1 Å². The van der Waals surface area contributed by atoms with Crippen molar-refractivity contribution in [3.8, 4) is 5.75 Å². The van der Waals surface area contributed by atoms with Crippen LogP contribution in [-0.4, -0.2) is 35.5 Å². The fraction of sp³-hybridized carbons (Fsp3) is 0.250. The summed E-state index contributed by atoms with van der Waals surface area (Å²) in [5.41, 5.74) is 0.329. The molecule has 0 amide bonds. The third kappa shape index (κ3) is 4.69. The van der Waals surface area contributed by atoms with Crippen LogP contribution in [0, 0.1) is 0 Å². The Labute approximate surface area is 123 Å². The summed E-state index contributed by atoms with van der Waals surface area (Å²) in [4.78, 5) is 3.49. The molecule has 8 heteroatoms. The Morgan fingerprint density at radius 2 is 2.15 bits per heavy atom. The zero-order valence-corrected chi connectivity index (χ0v) is 12.4. The van der Waals surface area contributed by atoms with Crippen molar-refractivity contribution < 1.29 is 28.2 Å². The van der Waals surface area contributed by atoms with Gasteiger partial charge in [0.1, 0.15) is 17.7 Å². The number of hydrogen-bond donors (Lipinski definition) is 3. The lowest BCUT2D eigenvalue weighted by Gasteiger charge is -2.09. The molecule has 1 aromatic rings. The number of halogens is 2. The number of benzene rings is 1. The number of aliphatic hydroxyl groups is 1. The largest absolute Gasteiger partial charge is 0.459 e. The second-order valence-electron chi connectivity index (χ2n) is 3.48. The maximum atomic E-state index is 12.4. The Morgan fingerprint density at radius 3 is 2.65 bits per heavy atom. The maximum Gasteiger partial charge on any atom is 0.387 e. The number of hydrogen-bond acceptors (Lipinski definition) is 4. The first kappa shape index (κ1) is 16.8. The average molecular weight is 322 g/mol. The Kier molecular flexibility index (Phi) is 6.83. The molecular formula is C12H14F2NO3S2+. The van der Waals surface area contributed by atoms with Crippen molar-refractivity contribution in [2.24, 2.45) is 0 Å². The number of aliphatic hydroxyl groups excluding tert-OH is 1. The molecule has 1 aromatic carbocycles. The van der Waals surface area contributed by atoms with Gasteiger partial charge in [0.25, 0.3) is 0 Å². The fourth-order valence-corrected chi connectivity index (χ4v) is 2.24. The van der Waals surface area contributed by atoms with Crippen molar-refractivity contribution in [2.75, 3.05) is 13.3 Å². The smallest absolute Gasteiger partial charge is 0.387 e. The van der Waals surface area contributed by atoms with E-state index in [1.54, 1.807) is 6.26 Å². The first-order chi connectivity index (χ1) is 9.51. The molecule has 0 aliphatic carbocycles. The Bertz CT molecular complexity index is 521. The minimum atomic E-state index is -2.95. The van der Waals surface area contributed by atoms with Crippen LogP contribution in [0.2, 0.25) is 0 Å². The van der Waals surface area contributed by atoms with Gasteiger partial charge in [0, 0.05) is 22.5 Å². The van der Waals surface area contributed by atoms with E-state index in [0.717, 1.165) is 0 Å². The molecule has 0 radical (unpaired) electrons. The topological polar surface area (TPSA) is 63.7 Å². The lowest BCUT2D eigenvalue weighted by Crippen LogP contribution is -2.68. The van der Waals surface area contributed by atoms with Crippen LogP contribution in [0.1, 0.15) is 5.56 Å². The van der Waals surface area contributed by atoms with E-state index in [-0.39, 0.29) is 11.6 Å². The molecular weight excluding hydrogens is 308 g/mol. The van der Waals surface area contributed by atoms with Gasteiger partial charge in [-0.2, -0.15) is 8.78 Å². The Hall–Kier alpha value is -1.25. The molecule has 0 aliphatic rings. The van der Waals surface area contributed by atoms with E-state index in [2.05, 4.69) is 9.73 Å². The van der Waals surface area contributed by atoms with Gasteiger partial charge in [-0.15, -0.1) is 11.8 Å². The summed E-state index contributed by atoms with van der Waals surface area (Å²) in [6.07, 6.45) is 3.23. The quantitative estimate of drug-likeness (QED) is 0.426. The van der Waals surface area contributed by atoms with Crippen LogP contribution >= 0.6 is 23.8 Å². The van der Waals surface area contributed by atoms with Gasteiger partial charge in [-0.3, -0.25) is 0 Å². The fourth-order valence-electron chi connectivity index (χ4n) is 1.39. The first-order valence-electron chi connectivity index (χ1n) is 5.41. The van der Waals surface area contributed by atoms with E-state index < -0.39 is 6.61 Å². The van der Waals surface area contributed by atoms with Gasteiger partial charge < -0.3 is 14.4 Å². The second kappa shape index (κ2) is 8.13. The second-order valence-corrected chi connectivity index (χ2v) is 4.98. The minimum absolute atomic E-state index is 0.0340. The molecule has 110 valence electrons. The summed E-state index contributed by atoms with van der Waals surface area (Å²) in [6.45, 7) is -2.95. The molecule has 0 aromatic heterocycles. The summed E-state index contributed by atoms with van der Waals surface area (Å²) in [5.74, 6) is -0.115. The van der Waals surface area contributed by atoms with Gasteiger partial charge in [0.15, 0.2) is 0 Å². The Morgan fingerprint density at radius 1 is 1.45 bits per heavy atom. The molecule has 0 bridgehead atoms. The van der Waals surface area contributed by atoms with E-state index in [1.807, 2.05) is 0 Å². The summed E-state index contributed by atoms with van der Waals surface area (Å²) < 4.78 is 38.1. The van der Waals surface area contributed by atoms with Crippen LogP contribution in [0.3, 0.4) is 0 Å². The molecule has 0 spiro atoms. The predicted octanol–water partition coefficient (Wildman–Crippen LogP) is 2.22. The van der Waals surface area contributed by atoms with Crippen LogP contribution in [0.5, 0.6) is 5.75 Å². The van der Waals surface area contributed by atoms with Gasteiger partial charge in [0.05, 0.1) is 0 Å². The Balaban J connectivity index is 3.27. The standard InChI is InChI=1S/C12H13F2NO3S2/c1-15-11(16)10(19-2)6-7-5-8(20-17)3-4-9(7)18-12(13)14/h3-6,12,17H,1-2H3,(H,15,16)/p+1/b10-6-. The van der Waals surface area contributed by atoms with E-state index in [4.69, 9.17) is 4.55 Å². The SMILES string of the molecule is C[NH+]=C(O)/C(=C/c1cc(SO)ccc1OC(F)F)SC. The van der Waals surface area contributed by atoms with Crippen LogP contribution in [0.25, 0.3) is 6.08 Å². The minimum Gasteiger partial charge on any atom is -0.459 e. The highest BCUT2D eigenvalue weighted by molar-refractivity contribution is 8.03. The molecule has 0 saturated carbocycles. The van der Waals surface area contributed by atoms with Crippen LogP contribution < -0.4 is 9.73 Å². The molecule has 0 aliphatic heterocycles. The van der Waals surface area contributed by atoms with Gasteiger partial charge in [0.2, 0.25) is 0 Å². The van der Waals surface area contributed by atoms with Gasteiger partial charge in [-0.25, -0.2) is 4.99 Å². The van der Waals surface area contributed by atoms with Crippen LogP contribution in [0.4, 0.5) is 8.78 Å². The molecule has 0 atom stereocenters. The lowest BCUT2D eigenvalue weighted by molar-refractivity contribution is -0.428. The molecule has 20 heavy (non-hydrogen) atoms. The number of rotatable bonds is 6. The van der Waals surface area contributed by atoms with Crippen LogP contribution in [0.15, 0.2) is 28.0 Å². The lowest BCUT2D eigenvalue weighted by atomic mass is 10.2. The number of ether oxygens (including phenoxy) is 1. The van der Waals surface area contributed by atoms with Gasteiger partial charge >= 0.3 is 12.5 Å². The van der Waals surface area contributed by atoms with Crippen molar-refractivity contribution in [1.29, 1.82) is 0 Å². The summed E-state index contributed by atoms with van der Waals surface area (Å²) in [7, 11) is 1.54. The zero-order chi connectivity index (χ0) is 15.1. The highest BCUT2D eigenvalue weighted by Crippen LogP contribution is 2.29. The van der Waals surface area contributed by atoms with E-state index >= 15 is 0 Å². The third-order valence-corrected chi connectivity index (χ3v) is 3.50. The zero-order valence-electron chi connectivity index (χ0n) is 10.8. The molecule has 0 unspecified atom stereocenters. The summed E-state index contributed by atoms with van der Waals surface area (Å²) >= 11 is 1.73. The molecule has 0 fully saturated rings. The van der Waals surface area contributed by atoms with Crippen molar-refractivity contribution >= 4 is 35.8 Å². The van der Waals surface area contributed by atoms with E-state index in [9.17, 15) is 13.9 Å². The third-order valence-electron chi connectivity index (χ3n) is 2.28. The molecule has 0 saturated heterocycles. The maximum absolute atomic E-state index is 12.4. The van der Waals surface area contributed by atoms with Gasteiger partial charge in [-0.1, -0.05) is 0 Å². The van der Waals surface area contributed by atoms with Gasteiger partial charge in [-0.05, 0) is 30.5 Å². The first-order valence-corrected chi connectivity index (χ1v) is 7.41. The molecule has 4 nitrogen and oxygen atoms in total. The number of nitrogens with one attached hydrogen (secondary N) is 1. The van der Waals surface area contributed by atoms with Crippen molar-refractivity contribution in [1.82, 2.24) is 0 Å². The average Bonchev–Trinajstić information content (AvgIpc) is 2.44. The van der Waals surface area contributed by atoms with Crippen molar-refractivity contribution in [2.45, 2.75) is 11.5 Å². The highest BCUT2D eigenvalue weighted by Gasteiger charge is 2.14. The normalized spacial score (nSPS) is 12.9. The number of alkyl halides is 2. The summed E-state index contributed by atoms with van der Waals surface area (Å²) in [5, 5.41) is 9.65. The van der Waals surface area contributed by atoms with E-state index in [0.29, 0.717) is 27.4 Å². The highest BCUT2D eigenvalue weighted by atomic mass is 32.2. The van der Waals surface area contributed by atoms with Crippen LogP contribution in [-0.2, 0) is 0 Å². The monoisotopic (exact) mass is 322 g/mol. The molecule has 3 N–H and O–H groups in total. The van der Waals surface area contributed by atoms with Crippen molar-refractivity contribution in [3.63, 3.8) is 0 Å². The summed E-state index contributed by atoms with van der Waals surface area (Å²) in [6, 6.07) is 4.28.